The fourth-order valence-electron chi connectivity index (χ4n) is 2.62. The molecular formula is C10H20N2. The monoisotopic (exact) mass is 168 g/mol. The van der Waals surface area contributed by atoms with Crippen molar-refractivity contribution in [2.75, 3.05) is 34.2 Å². The molecule has 0 radical (unpaired) electrons. The summed E-state index contributed by atoms with van der Waals surface area (Å²) in [5, 5.41) is 0. The summed E-state index contributed by atoms with van der Waals surface area (Å²) in [7, 11) is 6.67. The van der Waals surface area contributed by atoms with Crippen molar-refractivity contribution in [3.05, 3.63) is 0 Å². The van der Waals surface area contributed by atoms with Gasteiger partial charge in [-0.1, -0.05) is 0 Å². The van der Waals surface area contributed by atoms with Gasteiger partial charge in [0.1, 0.15) is 0 Å². The van der Waals surface area contributed by atoms with Crippen LogP contribution in [-0.2, 0) is 0 Å². The van der Waals surface area contributed by atoms with Crippen molar-refractivity contribution >= 4 is 0 Å². The Morgan fingerprint density at radius 3 is 2.50 bits per heavy atom. The maximum atomic E-state index is 2.47. The zero-order chi connectivity index (χ0) is 8.72. The minimum absolute atomic E-state index is 0.904. The van der Waals surface area contributed by atoms with Crippen LogP contribution in [0.4, 0.5) is 0 Å². The van der Waals surface area contributed by atoms with Crippen LogP contribution in [0, 0.1) is 11.8 Å². The van der Waals surface area contributed by atoms with Gasteiger partial charge in [0.25, 0.3) is 0 Å². The molecule has 12 heavy (non-hydrogen) atoms. The predicted molar refractivity (Wildman–Crippen MR) is 51.2 cm³/mol. The first-order chi connectivity index (χ1) is 5.68. The lowest BCUT2D eigenvalue weighted by molar-refractivity contribution is 0.328. The standard InChI is InChI=1S/C10H20N2/c1-11(2)10-6-9(10)8-4-5-12(3)7-8/h8-10H,4-7H2,1-3H3/t8?,9-,10-/m0/s1. The van der Waals surface area contributed by atoms with Crippen LogP contribution in [0.25, 0.3) is 0 Å². The van der Waals surface area contributed by atoms with Crippen molar-refractivity contribution in [2.24, 2.45) is 11.8 Å². The van der Waals surface area contributed by atoms with E-state index in [9.17, 15) is 0 Å². The first kappa shape index (κ1) is 8.52. The molecule has 1 saturated carbocycles. The van der Waals surface area contributed by atoms with Crippen molar-refractivity contribution in [3.63, 3.8) is 0 Å². The summed E-state index contributed by atoms with van der Waals surface area (Å²) in [6.45, 7) is 2.66. The Kier molecular flexibility index (Phi) is 2.13. The Morgan fingerprint density at radius 1 is 1.33 bits per heavy atom. The molecule has 2 heteroatoms. The lowest BCUT2D eigenvalue weighted by Crippen LogP contribution is -2.20. The molecule has 0 aromatic rings. The van der Waals surface area contributed by atoms with E-state index < -0.39 is 0 Å². The molecule has 0 aromatic heterocycles. The Balaban J connectivity index is 1.81. The van der Waals surface area contributed by atoms with Gasteiger partial charge in [-0.15, -0.1) is 0 Å². The smallest absolute Gasteiger partial charge is 0.0124 e. The van der Waals surface area contributed by atoms with Crippen molar-refractivity contribution in [3.8, 4) is 0 Å². The van der Waals surface area contributed by atoms with Crippen LogP contribution in [0.3, 0.4) is 0 Å². The highest BCUT2D eigenvalue weighted by molar-refractivity contribution is 4.99. The molecular weight excluding hydrogens is 148 g/mol. The van der Waals surface area contributed by atoms with Gasteiger partial charge in [-0.2, -0.15) is 0 Å². The molecule has 1 unspecified atom stereocenters. The summed E-state index contributed by atoms with van der Waals surface area (Å²) >= 11 is 0. The average molecular weight is 168 g/mol. The minimum atomic E-state index is 0.904. The van der Waals surface area contributed by atoms with Crippen LogP contribution in [-0.4, -0.2) is 50.1 Å². The third kappa shape index (κ3) is 1.50. The van der Waals surface area contributed by atoms with E-state index in [1.54, 1.807) is 0 Å². The molecule has 2 rings (SSSR count). The van der Waals surface area contributed by atoms with Crippen molar-refractivity contribution in [1.82, 2.24) is 9.80 Å². The van der Waals surface area contributed by atoms with Gasteiger partial charge in [-0.05, 0) is 52.4 Å². The molecule has 0 N–H and O–H groups in total. The van der Waals surface area contributed by atoms with Crippen molar-refractivity contribution in [1.29, 1.82) is 0 Å². The number of hydrogen-bond donors (Lipinski definition) is 0. The summed E-state index contributed by atoms with van der Waals surface area (Å²) in [4.78, 5) is 4.86. The summed E-state index contributed by atoms with van der Waals surface area (Å²) in [5.74, 6) is 2.02. The van der Waals surface area contributed by atoms with E-state index in [2.05, 4.69) is 30.9 Å². The van der Waals surface area contributed by atoms with Crippen LogP contribution >= 0.6 is 0 Å². The maximum absolute atomic E-state index is 2.47. The number of rotatable bonds is 2. The largest absolute Gasteiger partial charge is 0.306 e. The highest BCUT2D eigenvalue weighted by Gasteiger charge is 2.45. The normalized spacial score (nSPS) is 42.5. The molecule has 2 aliphatic rings. The molecule has 0 aromatic carbocycles. The lowest BCUT2D eigenvalue weighted by atomic mass is 10.0. The van der Waals surface area contributed by atoms with Crippen LogP contribution in [0.1, 0.15) is 12.8 Å². The number of likely N-dealkylation sites (tertiary alicyclic amines) is 1. The third-order valence-corrected chi connectivity index (χ3v) is 3.50. The van der Waals surface area contributed by atoms with Crippen LogP contribution < -0.4 is 0 Å². The third-order valence-electron chi connectivity index (χ3n) is 3.50. The first-order valence-electron chi connectivity index (χ1n) is 5.03. The molecule has 1 aliphatic carbocycles. The lowest BCUT2D eigenvalue weighted by Gasteiger charge is -2.13. The zero-order valence-electron chi connectivity index (χ0n) is 8.45. The van der Waals surface area contributed by atoms with Gasteiger partial charge in [0.15, 0.2) is 0 Å². The molecule has 0 amide bonds. The topological polar surface area (TPSA) is 6.48 Å². The fraction of sp³-hybridized carbons (Fsp3) is 1.00. The van der Waals surface area contributed by atoms with E-state index >= 15 is 0 Å². The molecule has 1 saturated heterocycles. The van der Waals surface area contributed by atoms with Crippen LogP contribution in [0.15, 0.2) is 0 Å². The Morgan fingerprint density at radius 2 is 2.08 bits per heavy atom. The highest BCUT2D eigenvalue weighted by Crippen LogP contribution is 2.43. The quantitative estimate of drug-likeness (QED) is 0.604. The number of hydrogen-bond acceptors (Lipinski definition) is 2. The SMILES string of the molecule is CN1CCC([C@@H]2C[C@@H]2N(C)C)C1. The van der Waals surface area contributed by atoms with E-state index in [1.165, 1.54) is 25.9 Å². The van der Waals surface area contributed by atoms with Crippen LogP contribution in [0.2, 0.25) is 0 Å². The van der Waals surface area contributed by atoms with E-state index in [0.717, 1.165) is 17.9 Å². The van der Waals surface area contributed by atoms with Crippen molar-refractivity contribution < 1.29 is 0 Å². The molecule has 3 atom stereocenters. The van der Waals surface area contributed by atoms with Gasteiger partial charge in [-0.25, -0.2) is 0 Å². The molecule has 1 aliphatic heterocycles. The zero-order valence-corrected chi connectivity index (χ0v) is 8.45. The highest BCUT2D eigenvalue weighted by atomic mass is 15.2. The average Bonchev–Trinajstić information content (AvgIpc) is 2.70. The second-order valence-electron chi connectivity index (χ2n) is 4.74. The molecule has 1 heterocycles. The van der Waals surface area contributed by atoms with E-state index in [-0.39, 0.29) is 0 Å². The minimum Gasteiger partial charge on any atom is -0.306 e. The summed E-state index contributed by atoms with van der Waals surface area (Å²) in [6, 6.07) is 0.904. The predicted octanol–water partition coefficient (Wildman–Crippen LogP) is 0.888. The van der Waals surface area contributed by atoms with Gasteiger partial charge in [0.05, 0.1) is 0 Å². The number of nitrogens with zero attached hydrogens (tertiary/aromatic N) is 2. The summed E-state index contributed by atoms with van der Waals surface area (Å²) < 4.78 is 0. The molecule has 0 bridgehead atoms. The Labute approximate surface area is 75.5 Å². The molecule has 2 fully saturated rings. The summed E-state index contributed by atoms with van der Waals surface area (Å²) in [5.41, 5.74) is 0. The van der Waals surface area contributed by atoms with Gasteiger partial charge in [0.2, 0.25) is 0 Å². The fourth-order valence-corrected chi connectivity index (χ4v) is 2.62. The summed E-state index contributed by atoms with van der Waals surface area (Å²) in [6.07, 6.45) is 2.89. The van der Waals surface area contributed by atoms with E-state index in [4.69, 9.17) is 0 Å². The van der Waals surface area contributed by atoms with Crippen molar-refractivity contribution in [2.45, 2.75) is 18.9 Å². The Bertz CT molecular complexity index is 167. The van der Waals surface area contributed by atoms with Gasteiger partial charge in [-0.3, -0.25) is 0 Å². The molecule has 2 nitrogen and oxygen atoms in total. The first-order valence-corrected chi connectivity index (χ1v) is 5.03. The van der Waals surface area contributed by atoms with E-state index in [0.29, 0.717) is 0 Å². The molecule has 0 spiro atoms. The second-order valence-corrected chi connectivity index (χ2v) is 4.74. The second kappa shape index (κ2) is 3.00. The Hall–Kier alpha value is -0.0800. The van der Waals surface area contributed by atoms with Gasteiger partial charge < -0.3 is 9.80 Å². The van der Waals surface area contributed by atoms with Gasteiger partial charge >= 0.3 is 0 Å². The van der Waals surface area contributed by atoms with Crippen LogP contribution in [0.5, 0.6) is 0 Å². The molecule has 70 valence electrons. The van der Waals surface area contributed by atoms with E-state index in [1.807, 2.05) is 0 Å². The maximum Gasteiger partial charge on any atom is 0.0124 e. The van der Waals surface area contributed by atoms with Gasteiger partial charge in [0, 0.05) is 12.6 Å².